The van der Waals surface area contributed by atoms with E-state index in [1.165, 1.54) is 16.2 Å². The van der Waals surface area contributed by atoms with Crippen molar-refractivity contribution in [1.29, 1.82) is 0 Å². The molecule has 0 unspecified atom stereocenters. The van der Waals surface area contributed by atoms with Crippen LogP contribution in [0.25, 0.3) is 10.6 Å². The molecule has 9 heteroatoms. The van der Waals surface area contributed by atoms with Crippen molar-refractivity contribution in [3.05, 3.63) is 40.3 Å². The quantitative estimate of drug-likeness (QED) is 0.658. The molecule has 3 aromatic rings. The highest BCUT2D eigenvalue weighted by molar-refractivity contribution is 7.17. The van der Waals surface area contributed by atoms with Gasteiger partial charge in [-0.2, -0.15) is 5.10 Å². The van der Waals surface area contributed by atoms with Gasteiger partial charge in [-0.1, -0.05) is 6.92 Å². The Morgan fingerprint density at radius 1 is 1.41 bits per heavy atom. The molecule has 0 aromatic carbocycles. The highest BCUT2D eigenvalue weighted by Gasteiger charge is 2.35. The summed E-state index contributed by atoms with van der Waals surface area (Å²) in [4.78, 5) is 19.9. The first kappa shape index (κ1) is 20.0. The van der Waals surface area contributed by atoms with Crippen LogP contribution in [0.2, 0.25) is 0 Å². The van der Waals surface area contributed by atoms with Crippen molar-refractivity contribution in [2.75, 3.05) is 18.4 Å². The van der Waals surface area contributed by atoms with E-state index in [4.69, 9.17) is 0 Å². The summed E-state index contributed by atoms with van der Waals surface area (Å²) in [5.74, 6) is 0.0534. The van der Waals surface area contributed by atoms with E-state index < -0.39 is 0 Å². The van der Waals surface area contributed by atoms with Crippen LogP contribution in [0.1, 0.15) is 23.3 Å². The van der Waals surface area contributed by atoms with Crippen LogP contribution in [0.15, 0.2) is 29.9 Å². The smallest absolute Gasteiger partial charge is 0.231 e. The predicted octanol–water partition coefficient (Wildman–Crippen LogP) is 3.53. The van der Waals surface area contributed by atoms with Crippen molar-refractivity contribution in [1.82, 2.24) is 20.1 Å². The van der Waals surface area contributed by atoms with E-state index in [9.17, 15) is 4.79 Å². The van der Waals surface area contributed by atoms with Crippen LogP contribution in [0.4, 0.5) is 5.13 Å². The van der Waals surface area contributed by atoms with E-state index in [1.807, 2.05) is 24.8 Å². The molecule has 4 rings (SSSR count). The van der Waals surface area contributed by atoms with Gasteiger partial charge in [0.1, 0.15) is 0 Å². The number of rotatable bonds is 5. The van der Waals surface area contributed by atoms with E-state index in [2.05, 4.69) is 39.8 Å². The maximum absolute atomic E-state index is 12.8. The molecule has 27 heavy (non-hydrogen) atoms. The number of anilines is 1. The summed E-state index contributed by atoms with van der Waals surface area (Å²) in [7, 11) is 1.90. The molecule has 1 fully saturated rings. The molecular formula is C18H22ClN5OS2. The first-order chi connectivity index (χ1) is 12.6. The molecule has 1 aliphatic rings. The van der Waals surface area contributed by atoms with E-state index >= 15 is 0 Å². The van der Waals surface area contributed by atoms with Gasteiger partial charge in [-0.15, -0.1) is 35.1 Å². The van der Waals surface area contributed by atoms with Gasteiger partial charge in [0, 0.05) is 42.5 Å². The third kappa shape index (κ3) is 4.24. The number of nitrogens with one attached hydrogen (secondary N) is 2. The van der Waals surface area contributed by atoms with Crippen molar-refractivity contribution in [3.63, 3.8) is 0 Å². The van der Waals surface area contributed by atoms with Crippen LogP contribution in [0, 0.1) is 5.92 Å². The molecule has 3 aromatic heterocycles. The third-order valence-corrected chi connectivity index (χ3v) is 6.71. The zero-order valence-electron chi connectivity index (χ0n) is 15.1. The van der Waals surface area contributed by atoms with Crippen molar-refractivity contribution in [2.24, 2.45) is 13.0 Å². The molecule has 0 aliphatic carbocycles. The van der Waals surface area contributed by atoms with Crippen LogP contribution in [-0.4, -0.2) is 33.8 Å². The number of hydrogen-bond donors (Lipinski definition) is 2. The van der Waals surface area contributed by atoms with Crippen molar-refractivity contribution in [3.8, 4) is 10.6 Å². The van der Waals surface area contributed by atoms with E-state index in [0.29, 0.717) is 11.7 Å². The lowest BCUT2D eigenvalue weighted by Crippen LogP contribution is -2.27. The second-order valence-electron chi connectivity index (χ2n) is 6.47. The molecule has 0 spiro atoms. The molecule has 1 amide bonds. The van der Waals surface area contributed by atoms with Crippen LogP contribution < -0.4 is 10.6 Å². The molecule has 4 heterocycles. The SMILES string of the molecule is CCc1ccc(-c2csc(NC(=O)[C@H]3CNC[C@@H]3c3cnn(C)c3)n2)s1.Cl. The summed E-state index contributed by atoms with van der Waals surface area (Å²) in [6, 6.07) is 4.24. The van der Waals surface area contributed by atoms with E-state index in [1.54, 1.807) is 16.0 Å². The summed E-state index contributed by atoms with van der Waals surface area (Å²) in [5, 5.41) is 13.2. The van der Waals surface area contributed by atoms with Gasteiger partial charge in [-0.25, -0.2) is 4.98 Å². The topological polar surface area (TPSA) is 71.8 Å². The zero-order chi connectivity index (χ0) is 18.1. The number of halogens is 1. The van der Waals surface area contributed by atoms with Crippen LogP contribution in [0.5, 0.6) is 0 Å². The maximum atomic E-state index is 12.8. The van der Waals surface area contributed by atoms with Crippen LogP contribution in [-0.2, 0) is 18.3 Å². The van der Waals surface area contributed by atoms with E-state index in [-0.39, 0.29) is 30.2 Å². The molecule has 0 radical (unpaired) electrons. The van der Waals surface area contributed by atoms with Crippen molar-refractivity contribution in [2.45, 2.75) is 19.3 Å². The van der Waals surface area contributed by atoms with Crippen molar-refractivity contribution >= 4 is 46.1 Å². The number of thiazole rings is 1. The Balaban J connectivity index is 0.00000210. The van der Waals surface area contributed by atoms with Gasteiger partial charge in [-0.3, -0.25) is 9.48 Å². The number of aromatic nitrogens is 3. The number of amides is 1. The molecule has 2 N–H and O–H groups in total. The number of aryl methyl sites for hydroxylation is 2. The lowest BCUT2D eigenvalue weighted by molar-refractivity contribution is -0.119. The summed E-state index contributed by atoms with van der Waals surface area (Å²) in [6.45, 7) is 3.62. The lowest BCUT2D eigenvalue weighted by atomic mass is 9.90. The zero-order valence-corrected chi connectivity index (χ0v) is 17.6. The molecule has 6 nitrogen and oxygen atoms in total. The average molecular weight is 424 g/mol. The molecule has 2 atom stereocenters. The van der Waals surface area contributed by atoms with Gasteiger partial charge in [0.05, 0.1) is 22.7 Å². The Morgan fingerprint density at radius 3 is 2.96 bits per heavy atom. The molecule has 0 saturated carbocycles. The summed E-state index contributed by atoms with van der Waals surface area (Å²) in [5.41, 5.74) is 2.03. The Morgan fingerprint density at radius 2 is 2.26 bits per heavy atom. The minimum atomic E-state index is -0.111. The molecule has 1 aliphatic heterocycles. The largest absolute Gasteiger partial charge is 0.315 e. The maximum Gasteiger partial charge on any atom is 0.231 e. The first-order valence-corrected chi connectivity index (χ1v) is 10.4. The fraction of sp³-hybridized carbons (Fsp3) is 0.389. The number of carbonyl (C=O) groups is 1. The standard InChI is InChI=1S/C18H21N5OS2.ClH/c1-3-12-4-5-16(26-12)15-10-25-18(21-15)22-17(24)14-8-19-7-13(14)11-6-20-23(2)9-11;/h4-6,9-10,13-14,19H,3,7-8H2,1-2H3,(H,21,22,24);1H/t13-,14+;/m1./s1. The minimum absolute atomic E-state index is 0. The fourth-order valence-corrected chi connectivity index (χ4v) is 4.98. The molecule has 1 saturated heterocycles. The second kappa shape index (κ2) is 8.52. The lowest BCUT2D eigenvalue weighted by Gasteiger charge is -2.15. The van der Waals surface area contributed by atoms with Crippen LogP contribution in [0.3, 0.4) is 0 Å². The Kier molecular flexibility index (Phi) is 6.31. The average Bonchev–Trinajstić information content (AvgIpc) is 3.40. The first-order valence-electron chi connectivity index (χ1n) is 8.68. The predicted molar refractivity (Wildman–Crippen MR) is 113 cm³/mol. The van der Waals surface area contributed by atoms with Gasteiger partial charge in [-0.05, 0) is 24.1 Å². The summed E-state index contributed by atoms with van der Waals surface area (Å²) in [6.07, 6.45) is 4.87. The van der Waals surface area contributed by atoms with Crippen molar-refractivity contribution < 1.29 is 4.79 Å². The van der Waals surface area contributed by atoms with E-state index in [0.717, 1.165) is 29.1 Å². The minimum Gasteiger partial charge on any atom is -0.315 e. The summed E-state index contributed by atoms with van der Waals surface area (Å²) < 4.78 is 1.78. The Labute approximate surface area is 172 Å². The molecule has 144 valence electrons. The number of nitrogens with zero attached hydrogens (tertiary/aromatic N) is 3. The van der Waals surface area contributed by atoms with Crippen LogP contribution >= 0.6 is 35.1 Å². The van der Waals surface area contributed by atoms with Gasteiger partial charge in [0.15, 0.2) is 5.13 Å². The monoisotopic (exact) mass is 423 g/mol. The van der Waals surface area contributed by atoms with Gasteiger partial charge in [0.25, 0.3) is 0 Å². The number of thiophene rings is 1. The molecular weight excluding hydrogens is 402 g/mol. The Bertz CT molecular complexity index is 918. The highest BCUT2D eigenvalue weighted by Crippen LogP contribution is 2.32. The summed E-state index contributed by atoms with van der Waals surface area (Å²) >= 11 is 3.23. The third-order valence-electron chi connectivity index (χ3n) is 4.70. The van der Waals surface area contributed by atoms with Gasteiger partial charge < -0.3 is 10.6 Å². The van der Waals surface area contributed by atoms with Gasteiger partial charge >= 0.3 is 0 Å². The highest BCUT2D eigenvalue weighted by atomic mass is 35.5. The molecule has 0 bridgehead atoms. The number of hydrogen-bond acceptors (Lipinski definition) is 6. The van der Waals surface area contributed by atoms with Gasteiger partial charge in [0.2, 0.25) is 5.91 Å². The second-order valence-corrected chi connectivity index (χ2v) is 8.49. The Hall–Kier alpha value is -1.74. The normalized spacial score (nSPS) is 19.0. The fourth-order valence-electron chi connectivity index (χ4n) is 3.28. The number of carbonyl (C=O) groups excluding carboxylic acids is 1.